The molecule has 0 radical (unpaired) electrons. The van der Waals surface area contributed by atoms with E-state index in [1.54, 1.807) is 0 Å². The SMILES string of the molecule is CCCCc1ccc(CCc2ccc(-c3ccc(CCO)cc3CC)c(CC)c2)cc1. The number of aliphatic hydroxyl groups is 1. The Balaban J connectivity index is 1.74. The molecule has 1 nitrogen and oxygen atoms in total. The van der Waals surface area contributed by atoms with Gasteiger partial charge in [-0.3, -0.25) is 0 Å². The molecule has 0 aliphatic rings. The lowest BCUT2D eigenvalue weighted by atomic mass is 9.89. The van der Waals surface area contributed by atoms with Gasteiger partial charge in [0.2, 0.25) is 0 Å². The van der Waals surface area contributed by atoms with Gasteiger partial charge in [0.05, 0.1) is 0 Å². The first kappa shape index (κ1) is 23.3. The van der Waals surface area contributed by atoms with Crippen LogP contribution < -0.4 is 0 Å². The summed E-state index contributed by atoms with van der Waals surface area (Å²) in [6, 6.07) is 22.9. The Morgan fingerprint density at radius 1 is 0.548 bits per heavy atom. The molecular formula is C30H38O. The number of aryl methyl sites for hydroxylation is 5. The highest BCUT2D eigenvalue weighted by Crippen LogP contribution is 2.30. The molecule has 3 aromatic carbocycles. The summed E-state index contributed by atoms with van der Waals surface area (Å²) in [6.45, 7) is 6.93. The first-order valence-electron chi connectivity index (χ1n) is 12.1. The van der Waals surface area contributed by atoms with E-state index in [0.717, 1.165) is 32.1 Å². The molecule has 0 bridgehead atoms. The highest BCUT2D eigenvalue weighted by Gasteiger charge is 2.10. The molecular weight excluding hydrogens is 376 g/mol. The predicted octanol–water partition coefficient (Wildman–Crippen LogP) is 7.14. The van der Waals surface area contributed by atoms with E-state index in [9.17, 15) is 5.11 Å². The largest absolute Gasteiger partial charge is 0.396 e. The molecule has 0 saturated carbocycles. The average molecular weight is 415 g/mol. The first-order chi connectivity index (χ1) is 15.2. The van der Waals surface area contributed by atoms with Crippen molar-refractivity contribution in [2.24, 2.45) is 0 Å². The second-order valence-corrected chi connectivity index (χ2v) is 8.58. The zero-order valence-electron chi connectivity index (χ0n) is 19.6. The van der Waals surface area contributed by atoms with E-state index < -0.39 is 0 Å². The average Bonchev–Trinajstić information content (AvgIpc) is 2.82. The molecule has 0 aliphatic carbocycles. The molecule has 1 heteroatoms. The number of hydrogen-bond donors (Lipinski definition) is 1. The van der Waals surface area contributed by atoms with Gasteiger partial charge < -0.3 is 5.11 Å². The van der Waals surface area contributed by atoms with Crippen molar-refractivity contribution in [2.75, 3.05) is 6.61 Å². The molecule has 0 atom stereocenters. The molecule has 3 rings (SSSR count). The molecule has 0 saturated heterocycles. The van der Waals surface area contributed by atoms with Gasteiger partial charge in [-0.1, -0.05) is 87.9 Å². The molecule has 0 amide bonds. The van der Waals surface area contributed by atoms with E-state index in [4.69, 9.17) is 0 Å². The number of aliphatic hydroxyl groups excluding tert-OH is 1. The van der Waals surface area contributed by atoms with Gasteiger partial charge in [-0.15, -0.1) is 0 Å². The van der Waals surface area contributed by atoms with Crippen LogP contribution in [-0.2, 0) is 38.5 Å². The van der Waals surface area contributed by atoms with Gasteiger partial charge in [-0.05, 0) is 89.5 Å². The molecule has 0 aromatic heterocycles. The molecule has 3 aromatic rings. The Morgan fingerprint density at radius 2 is 1.00 bits per heavy atom. The first-order valence-corrected chi connectivity index (χ1v) is 12.1. The highest BCUT2D eigenvalue weighted by molar-refractivity contribution is 5.71. The van der Waals surface area contributed by atoms with Crippen molar-refractivity contribution in [1.82, 2.24) is 0 Å². The smallest absolute Gasteiger partial charge is 0.0471 e. The van der Waals surface area contributed by atoms with Crippen molar-refractivity contribution in [2.45, 2.75) is 72.1 Å². The molecule has 31 heavy (non-hydrogen) atoms. The van der Waals surface area contributed by atoms with Crippen LogP contribution in [0.4, 0.5) is 0 Å². The van der Waals surface area contributed by atoms with Crippen LogP contribution in [0.3, 0.4) is 0 Å². The standard InChI is InChI=1S/C30H38O/c1-4-7-8-23-9-11-24(12-10-23)13-14-25-15-17-29(27(5-2)21-25)30-18-16-26(19-20-31)22-28(30)6-3/h9-12,15-18,21-22,31H,4-8,13-14,19-20H2,1-3H3. The van der Waals surface area contributed by atoms with E-state index in [1.807, 2.05) is 0 Å². The molecule has 0 heterocycles. The fourth-order valence-electron chi connectivity index (χ4n) is 4.39. The van der Waals surface area contributed by atoms with E-state index in [2.05, 4.69) is 81.4 Å². The van der Waals surface area contributed by atoms with E-state index in [1.165, 1.54) is 63.8 Å². The van der Waals surface area contributed by atoms with Crippen LogP contribution in [0, 0.1) is 0 Å². The lowest BCUT2D eigenvalue weighted by Crippen LogP contribution is -1.98. The zero-order chi connectivity index (χ0) is 22.1. The van der Waals surface area contributed by atoms with E-state index in [0.29, 0.717) is 0 Å². The van der Waals surface area contributed by atoms with Crippen LogP contribution >= 0.6 is 0 Å². The molecule has 0 fully saturated rings. The van der Waals surface area contributed by atoms with Gasteiger partial charge in [-0.25, -0.2) is 0 Å². The fraction of sp³-hybridized carbons (Fsp3) is 0.400. The second kappa shape index (κ2) is 11.9. The van der Waals surface area contributed by atoms with Gasteiger partial charge in [0, 0.05) is 6.61 Å². The van der Waals surface area contributed by atoms with Crippen molar-refractivity contribution in [3.8, 4) is 11.1 Å². The van der Waals surface area contributed by atoms with Gasteiger partial charge in [0.1, 0.15) is 0 Å². The summed E-state index contributed by atoms with van der Waals surface area (Å²) in [5.74, 6) is 0. The topological polar surface area (TPSA) is 20.2 Å². The Labute approximate surface area is 189 Å². The number of unbranched alkanes of at least 4 members (excludes halogenated alkanes) is 1. The zero-order valence-corrected chi connectivity index (χ0v) is 19.6. The monoisotopic (exact) mass is 414 g/mol. The molecule has 0 aliphatic heterocycles. The maximum absolute atomic E-state index is 9.26. The molecule has 1 N–H and O–H groups in total. The minimum absolute atomic E-state index is 0.207. The molecule has 0 spiro atoms. The quantitative estimate of drug-likeness (QED) is 0.353. The fourth-order valence-corrected chi connectivity index (χ4v) is 4.39. The Bertz CT molecular complexity index is 953. The highest BCUT2D eigenvalue weighted by atomic mass is 16.2. The third-order valence-corrected chi connectivity index (χ3v) is 6.34. The van der Waals surface area contributed by atoms with Crippen LogP contribution in [0.1, 0.15) is 67.0 Å². The lowest BCUT2D eigenvalue weighted by molar-refractivity contribution is 0.299. The summed E-state index contributed by atoms with van der Waals surface area (Å²) in [5, 5.41) is 9.26. The van der Waals surface area contributed by atoms with Crippen LogP contribution in [-0.4, -0.2) is 11.7 Å². The van der Waals surface area contributed by atoms with Gasteiger partial charge in [-0.2, -0.15) is 0 Å². The number of hydrogen-bond acceptors (Lipinski definition) is 1. The van der Waals surface area contributed by atoms with Crippen LogP contribution in [0.5, 0.6) is 0 Å². The van der Waals surface area contributed by atoms with Crippen molar-refractivity contribution >= 4 is 0 Å². The summed E-state index contributed by atoms with van der Waals surface area (Å²) < 4.78 is 0. The van der Waals surface area contributed by atoms with Crippen LogP contribution in [0.2, 0.25) is 0 Å². The van der Waals surface area contributed by atoms with Gasteiger partial charge in [0.25, 0.3) is 0 Å². The third kappa shape index (κ3) is 6.31. The summed E-state index contributed by atoms with van der Waals surface area (Å²) in [4.78, 5) is 0. The van der Waals surface area contributed by atoms with Gasteiger partial charge in [0.15, 0.2) is 0 Å². The Hall–Kier alpha value is -2.38. The maximum Gasteiger partial charge on any atom is 0.0471 e. The van der Waals surface area contributed by atoms with Crippen LogP contribution in [0.25, 0.3) is 11.1 Å². The normalized spacial score (nSPS) is 11.1. The van der Waals surface area contributed by atoms with E-state index >= 15 is 0 Å². The molecule has 0 unspecified atom stereocenters. The van der Waals surface area contributed by atoms with Crippen LogP contribution in [0.15, 0.2) is 60.7 Å². The van der Waals surface area contributed by atoms with Crippen molar-refractivity contribution in [3.05, 3.63) is 94.0 Å². The third-order valence-electron chi connectivity index (χ3n) is 6.34. The summed E-state index contributed by atoms with van der Waals surface area (Å²) >= 11 is 0. The predicted molar refractivity (Wildman–Crippen MR) is 134 cm³/mol. The van der Waals surface area contributed by atoms with Crippen molar-refractivity contribution < 1.29 is 5.11 Å². The molecule has 164 valence electrons. The number of benzene rings is 3. The number of rotatable bonds is 11. The lowest BCUT2D eigenvalue weighted by Gasteiger charge is -2.15. The minimum Gasteiger partial charge on any atom is -0.396 e. The maximum atomic E-state index is 9.26. The van der Waals surface area contributed by atoms with Gasteiger partial charge >= 0.3 is 0 Å². The Morgan fingerprint density at radius 3 is 1.48 bits per heavy atom. The van der Waals surface area contributed by atoms with E-state index in [-0.39, 0.29) is 6.61 Å². The summed E-state index contributed by atoms with van der Waals surface area (Å²) in [7, 11) is 0. The summed E-state index contributed by atoms with van der Waals surface area (Å²) in [5.41, 5.74) is 11.0. The second-order valence-electron chi connectivity index (χ2n) is 8.58. The van der Waals surface area contributed by atoms with Crippen molar-refractivity contribution in [3.63, 3.8) is 0 Å². The summed E-state index contributed by atoms with van der Waals surface area (Å²) in [6.07, 6.45) is 8.67. The Kier molecular flexibility index (Phi) is 8.91. The minimum atomic E-state index is 0.207. The van der Waals surface area contributed by atoms with Crippen molar-refractivity contribution in [1.29, 1.82) is 0 Å².